The van der Waals surface area contributed by atoms with Crippen molar-refractivity contribution in [2.45, 2.75) is 6.92 Å². The maximum Gasteiger partial charge on any atom is 0.153 e. The van der Waals surface area contributed by atoms with Gasteiger partial charge in [0.2, 0.25) is 0 Å². The van der Waals surface area contributed by atoms with E-state index in [1.807, 2.05) is 0 Å². The summed E-state index contributed by atoms with van der Waals surface area (Å²) < 4.78 is 36.4. The minimum atomic E-state index is -2.95. The number of nitrogen functional groups attached to an aromatic ring is 1. The van der Waals surface area contributed by atoms with Gasteiger partial charge in [-0.1, -0.05) is 0 Å². The topological polar surface area (TPSA) is 63.4 Å². The highest BCUT2D eigenvalue weighted by atomic mass is 32.2. The minimum Gasteiger partial charge on any atom is -0.398 e. The van der Waals surface area contributed by atoms with Gasteiger partial charge in [-0.05, 0) is 24.6 Å². The normalized spacial score (nSPS) is 19.3. The van der Waals surface area contributed by atoms with Crippen LogP contribution in [0.3, 0.4) is 0 Å². The summed E-state index contributed by atoms with van der Waals surface area (Å²) in [7, 11) is -2.95. The maximum atomic E-state index is 13.8. The summed E-state index contributed by atoms with van der Waals surface area (Å²) >= 11 is 0. The Balaban J connectivity index is 2.33. The molecule has 0 bridgehead atoms. The van der Waals surface area contributed by atoms with E-state index in [-0.39, 0.29) is 17.3 Å². The van der Waals surface area contributed by atoms with Gasteiger partial charge in [0.25, 0.3) is 0 Å². The highest BCUT2D eigenvalue weighted by Gasteiger charge is 2.25. The Hall–Kier alpha value is -1.30. The number of benzene rings is 1. The maximum absolute atomic E-state index is 13.8. The summed E-state index contributed by atoms with van der Waals surface area (Å²) in [6.07, 6.45) is 0. The molecule has 0 amide bonds. The summed E-state index contributed by atoms with van der Waals surface area (Å²) in [5, 5.41) is 0. The standard InChI is InChI=1S/C11H15FN2O2S/c1-8-10(13)3-2-9(12)11(8)14-4-6-17(15,16)7-5-14/h2-3H,4-7,13H2,1H3. The zero-order valence-corrected chi connectivity index (χ0v) is 10.4. The first-order chi connectivity index (χ1) is 7.91. The lowest BCUT2D eigenvalue weighted by Gasteiger charge is -2.30. The lowest BCUT2D eigenvalue weighted by molar-refractivity contribution is 0.581. The number of nitrogens with two attached hydrogens (primary N) is 1. The molecule has 6 heteroatoms. The summed E-state index contributed by atoms with van der Waals surface area (Å²) in [6, 6.07) is 2.84. The van der Waals surface area contributed by atoms with Crippen molar-refractivity contribution in [1.29, 1.82) is 0 Å². The van der Waals surface area contributed by atoms with Gasteiger partial charge in [0.05, 0.1) is 17.2 Å². The molecule has 0 unspecified atom stereocenters. The number of anilines is 2. The Bertz CT molecular complexity index is 529. The number of sulfone groups is 1. The zero-order chi connectivity index (χ0) is 12.6. The molecule has 94 valence electrons. The first kappa shape index (κ1) is 12.2. The van der Waals surface area contributed by atoms with E-state index in [1.54, 1.807) is 11.8 Å². The van der Waals surface area contributed by atoms with Gasteiger partial charge >= 0.3 is 0 Å². The molecule has 4 nitrogen and oxygen atoms in total. The van der Waals surface area contributed by atoms with E-state index in [9.17, 15) is 12.8 Å². The van der Waals surface area contributed by atoms with Crippen LogP contribution < -0.4 is 10.6 Å². The molecule has 1 heterocycles. The van der Waals surface area contributed by atoms with E-state index in [4.69, 9.17) is 5.73 Å². The summed E-state index contributed by atoms with van der Waals surface area (Å²) in [6.45, 7) is 2.39. The largest absolute Gasteiger partial charge is 0.398 e. The molecule has 1 fully saturated rings. The van der Waals surface area contributed by atoms with Crippen LogP contribution in [0.4, 0.5) is 15.8 Å². The van der Waals surface area contributed by atoms with Gasteiger partial charge in [0.15, 0.2) is 9.84 Å². The zero-order valence-electron chi connectivity index (χ0n) is 9.61. The predicted molar refractivity (Wildman–Crippen MR) is 66.4 cm³/mol. The van der Waals surface area contributed by atoms with E-state index in [2.05, 4.69) is 0 Å². The van der Waals surface area contributed by atoms with Crippen molar-refractivity contribution >= 4 is 21.2 Å². The Kier molecular flexibility index (Phi) is 2.99. The fourth-order valence-electron chi connectivity index (χ4n) is 2.01. The number of hydrogen-bond acceptors (Lipinski definition) is 4. The van der Waals surface area contributed by atoms with Crippen LogP contribution in [0.25, 0.3) is 0 Å². The average molecular weight is 258 g/mol. The lowest BCUT2D eigenvalue weighted by atomic mass is 10.1. The second-order valence-corrected chi connectivity index (χ2v) is 6.55. The molecule has 0 aliphatic carbocycles. The van der Waals surface area contributed by atoms with Crippen molar-refractivity contribution < 1.29 is 12.8 Å². The predicted octanol–water partition coefficient (Wildman–Crippen LogP) is 0.951. The van der Waals surface area contributed by atoms with Crippen molar-refractivity contribution in [3.05, 3.63) is 23.5 Å². The summed E-state index contributed by atoms with van der Waals surface area (Å²) in [4.78, 5) is 1.75. The second kappa shape index (κ2) is 4.18. The molecule has 2 rings (SSSR count). The number of nitrogens with zero attached hydrogens (tertiary/aromatic N) is 1. The van der Waals surface area contributed by atoms with Crippen molar-refractivity contribution in [3.8, 4) is 0 Å². The van der Waals surface area contributed by atoms with E-state index in [0.29, 0.717) is 30.0 Å². The Labute approximate surface area is 100 Å². The van der Waals surface area contributed by atoms with Gasteiger partial charge in [0, 0.05) is 18.8 Å². The van der Waals surface area contributed by atoms with Crippen molar-refractivity contribution in [2.75, 3.05) is 35.2 Å². The van der Waals surface area contributed by atoms with Crippen LogP contribution in [-0.2, 0) is 9.84 Å². The van der Waals surface area contributed by atoms with Crippen LogP contribution in [0.1, 0.15) is 5.56 Å². The quantitative estimate of drug-likeness (QED) is 0.762. The van der Waals surface area contributed by atoms with Gasteiger partial charge < -0.3 is 10.6 Å². The summed E-state index contributed by atoms with van der Waals surface area (Å²) in [5.41, 5.74) is 7.36. The number of halogens is 1. The Morgan fingerprint density at radius 3 is 2.47 bits per heavy atom. The van der Waals surface area contributed by atoms with Crippen LogP contribution in [-0.4, -0.2) is 33.0 Å². The van der Waals surface area contributed by atoms with Crippen LogP contribution in [0.5, 0.6) is 0 Å². The SMILES string of the molecule is Cc1c(N)ccc(F)c1N1CCS(=O)(=O)CC1. The van der Waals surface area contributed by atoms with Crippen LogP contribution >= 0.6 is 0 Å². The van der Waals surface area contributed by atoms with Crippen LogP contribution in [0.15, 0.2) is 12.1 Å². The van der Waals surface area contributed by atoms with Crippen LogP contribution in [0, 0.1) is 12.7 Å². The highest BCUT2D eigenvalue weighted by Crippen LogP contribution is 2.29. The van der Waals surface area contributed by atoms with Crippen molar-refractivity contribution in [3.63, 3.8) is 0 Å². The van der Waals surface area contributed by atoms with Crippen molar-refractivity contribution in [2.24, 2.45) is 0 Å². The molecule has 1 saturated heterocycles. The first-order valence-electron chi connectivity index (χ1n) is 5.41. The number of hydrogen-bond donors (Lipinski definition) is 1. The first-order valence-corrected chi connectivity index (χ1v) is 7.23. The molecule has 17 heavy (non-hydrogen) atoms. The van der Waals surface area contributed by atoms with Gasteiger partial charge in [-0.15, -0.1) is 0 Å². The lowest BCUT2D eigenvalue weighted by Crippen LogP contribution is -2.41. The van der Waals surface area contributed by atoms with E-state index in [0.717, 1.165) is 0 Å². The molecule has 1 aromatic carbocycles. The fourth-order valence-corrected chi connectivity index (χ4v) is 3.21. The smallest absolute Gasteiger partial charge is 0.153 e. The van der Waals surface area contributed by atoms with E-state index in [1.165, 1.54) is 12.1 Å². The highest BCUT2D eigenvalue weighted by molar-refractivity contribution is 7.91. The van der Waals surface area contributed by atoms with Gasteiger partial charge in [0.1, 0.15) is 5.82 Å². The molecule has 1 aliphatic heterocycles. The van der Waals surface area contributed by atoms with Crippen LogP contribution in [0.2, 0.25) is 0 Å². The molecular weight excluding hydrogens is 243 g/mol. The molecule has 0 aromatic heterocycles. The molecule has 0 saturated carbocycles. The molecule has 1 aliphatic rings. The third kappa shape index (κ3) is 2.36. The molecule has 2 N–H and O–H groups in total. The van der Waals surface area contributed by atoms with Gasteiger partial charge in [-0.25, -0.2) is 12.8 Å². The monoisotopic (exact) mass is 258 g/mol. The third-order valence-electron chi connectivity index (χ3n) is 3.08. The minimum absolute atomic E-state index is 0.0701. The summed E-state index contributed by atoms with van der Waals surface area (Å²) in [5.74, 6) is -0.211. The van der Waals surface area contributed by atoms with E-state index >= 15 is 0 Å². The molecular formula is C11H15FN2O2S. The van der Waals surface area contributed by atoms with E-state index < -0.39 is 9.84 Å². The molecule has 0 atom stereocenters. The molecule has 0 spiro atoms. The Morgan fingerprint density at radius 1 is 1.29 bits per heavy atom. The average Bonchev–Trinajstić information content (AvgIpc) is 2.26. The molecule has 0 radical (unpaired) electrons. The van der Waals surface area contributed by atoms with Crippen molar-refractivity contribution in [1.82, 2.24) is 0 Å². The van der Waals surface area contributed by atoms with Gasteiger partial charge in [-0.3, -0.25) is 0 Å². The second-order valence-electron chi connectivity index (χ2n) is 4.25. The third-order valence-corrected chi connectivity index (χ3v) is 4.69. The number of rotatable bonds is 1. The molecule has 1 aromatic rings. The Morgan fingerprint density at radius 2 is 1.88 bits per heavy atom. The fraction of sp³-hybridized carbons (Fsp3) is 0.455. The van der Waals surface area contributed by atoms with Gasteiger partial charge in [-0.2, -0.15) is 0 Å².